The van der Waals surface area contributed by atoms with Crippen LogP contribution in [0.2, 0.25) is 0 Å². The zero-order chi connectivity index (χ0) is 19.5. The highest BCUT2D eigenvalue weighted by Crippen LogP contribution is 2.22. The first kappa shape index (κ1) is 20.7. The van der Waals surface area contributed by atoms with Gasteiger partial charge in [-0.15, -0.1) is 0 Å². The van der Waals surface area contributed by atoms with Crippen LogP contribution in [0.4, 0.5) is 13.2 Å². The molecule has 12 heteroatoms. The fourth-order valence-corrected chi connectivity index (χ4v) is 3.65. The molecular formula is C14H19F3N2O6S. The standard InChI is InChI=1S/C12H18N2O4S.C2HF3O2/c1-19(15,16)14-7-11-5-13(6-12(8-14)18-11)4-10-2-3-17-9-10;3-2(4,5)1(6)7/h2-3,9,11-12H,4-8H2,1H3;(H,6,7). The van der Waals surface area contributed by atoms with Gasteiger partial charge >= 0.3 is 12.1 Å². The minimum atomic E-state index is -5.08. The number of ether oxygens (including phenoxy) is 1. The van der Waals surface area contributed by atoms with Gasteiger partial charge in [0.1, 0.15) is 0 Å². The van der Waals surface area contributed by atoms with Crippen LogP contribution in [0.15, 0.2) is 23.0 Å². The normalized spacial score (nSPS) is 24.6. The second-order valence-corrected chi connectivity index (χ2v) is 8.07. The predicted molar refractivity (Wildman–Crippen MR) is 82.8 cm³/mol. The van der Waals surface area contributed by atoms with E-state index in [2.05, 4.69) is 4.90 Å². The summed E-state index contributed by atoms with van der Waals surface area (Å²) in [6, 6.07) is 1.95. The lowest BCUT2D eigenvalue weighted by Gasteiger charge is -2.44. The minimum absolute atomic E-state index is 0.0332. The van der Waals surface area contributed by atoms with Crippen molar-refractivity contribution in [1.29, 1.82) is 0 Å². The van der Waals surface area contributed by atoms with E-state index in [4.69, 9.17) is 19.1 Å². The minimum Gasteiger partial charge on any atom is -0.475 e. The third-order valence-corrected chi connectivity index (χ3v) is 5.06. The fourth-order valence-electron chi connectivity index (χ4n) is 2.78. The Balaban J connectivity index is 0.000000298. The zero-order valence-electron chi connectivity index (χ0n) is 13.8. The molecule has 0 aromatic carbocycles. The van der Waals surface area contributed by atoms with Crippen molar-refractivity contribution in [1.82, 2.24) is 9.21 Å². The second-order valence-electron chi connectivity index (χ2n) is 6.09. The van der Waals surface area contributed by atoms with Crippen molar-refractivity contribution in [2.24, 2.45) is 0 Å². The Labute approximate surface area is 148 Å². The van der Waals surface area contributed by atoms with Crippen LogP contribution in [0.3, 0.4) is 0 Å². The topological polar surface area (TPSA) is 100 Å². The average molecular weight is 400 g/mol. The summed E-state index contributed by atoms with van der Waals surface area (Å²) in [6.07, 6.45) is -0.476. The maximum Gasteiger partial charge on any atom is 0.490 e. The molecule has 0 saturated carbocycles. The Morgan fingerprint density at radius 1 is 1.27 bits per heavy atom. The van der Waals surface area contributed by atoms with Crippen LogP contribution in [0, 0.1) is 0 Å². The number of carboxylic acids is 1. The van der Waals surface area contributed by atoms with Gasteiger partial charge in [-0.25, -0.2) is 13.2 Å². The van der Waals surface area contributed by atoms with Crippen LogP contribution in [-0.2, 0) is 26.1 Å². The van der Waals surface area contributed by atoms with E-state index >= 15 is 0 Å². The van der Waals surface area contributed by atoms with Crippen LogP contribution in [0.1, 0.15) is 5.56 Å². The Morgan fingerprint density at radius 3 is 2.19 bits per heavy atom. The molecule has 2 fully saturated rings. The molecule has 0 radical (unpaired) electrons. The number of hydrogen-bond donors (Lipinski definition) is 1. The molecule has 1 N–H and O–H groups in total. The van der Waals surface area contributed by atoms with Gasteiger partial charge in [0.05, 0.1) is 31.0 Å². The number of morpholine rings is 2. The Hall–Kier alpha value is -1.63. The van der Waals surface area contributed by atoms with Gasteiger partial charge in [0.25, 0.3) is 0 Å². The van der Waals surface area contributed by atoms with E-state index < -0.39 is 22.2 Å². The number of nitrogens with zero attached hydrogens (tertiary/aromatic N) is 2. The third-order valence-electron chi connectivity index (χ3n) is 3.82. The third kappa shape index (κ3) is 5.97. The lowest BCUT2D eigenvalue weighted by molar-refractivity contribution is -0.192. The smallest absolute Gasteiger partial charge is 0.475 e. The number of sulfonamides is 1. The SMILES string of the molecule is CS(=O)(=O)N1CC2CN(Cc3ccoc3)CC(C1)O2.O=C(O)C(F)(F)F. The number of furan rings is 1. The molecule has 148 valence electrons. The van der Waals surface area contributed by atoms with Crippen molar-refractivity contribution in [3.63, 3.8) is 0 Å². The van der Waals surface area contributed by atoms with Gasteiger partial charge < -0.3 is 14.3 Å². The number of halogens is 3. The second kappa shape index (κ2) is 7.94. The summed E-state index contributed by atoms with van der Waals surface area (Å²) >= 11 is 0. The molecule has 1 aromatic heterocycles. The van der Waals surface area contributed by atoms with Crippen LogP contribution < -0.4 is 0 Å². The van der Waals surface area contributed by atoms with E-state index in [-0.39, 0.29) is 12.2 Å². The number of alkyl halides is 3. The predicted octanol–water partition coefficient (Wildman–Crippen LogP) is 0.758. The van der Waals surface area contributed by atoms with Gasteiger partial charge in [0.15, 0.2) is 0 Å². The Bertz CT molecular complexity index is 693. The van der Waals surface area contributed by atoms with E-state index in [1.165, 1.54) is 10.6 Å². The van der Waals surface area contributed by atoms with Crippen molar-refractivity contribution >= 4 is 16.0 Å². The molecule has 2 saturated heterocycles. The van der Waals surface area contributed by atoms with E-state index in [0.717, 1.165) is 25.2 Å². The van der Waals surface area contributed by atoms with Gasteiger partial charge in [-0.05, 0) is 6.07 Å². The first-order chi connectivity index (χ1) is 11.9. The summed E-state index contributed by atoms with van der Waals surface area (Å²) in [4.78, 5) is 11.2. The van der Waals surface area contributed by atoms with Gasteiger partial charge in [-0.3, -0.25) is 4.90 Å². The molecule has 2 aliphatic heterocycles. The van der Waals surface area contributed by atoms with E-state index in [1.807, 2.05) is 6.07 Å². The van der Waals surface area contributed by atoms with Crippen molar-refractivity contribution in [3.8, 4) is 0 Å². The van der Waals surface area contributed by atoms with Crippen LogP contribution in [0.25, 0.3) is 0 Å². The largest absolute Gasteiger partial charge is 0.490 e. The van der Waals surface area contributed by atoms with Gasteiger partial charge in [-0.1, -0.05) is 0 Å². The molecule has 1 aromatic rings. The van der Waals surface area contributed by atoms with Gasteiger partial charge in [0, 0.05) is 38.3 Å². The number of carbonyl (C=O) groups is 1. The lowest BCUT2D eigenvalue weighted by atomic mass is 10.1. The monoisotopic (exact) mass is 400 g/mol. The summed E-state index contributed by atoms with van der Waals surface area (Å²) < 4.78 is 67.4. The number of aliphatic carboxylic acids is 1. The van der Waals surface area contributed by atoms with Crippen LogP contribution in [-0.4, -0.2) is 79.5 Å². The molecule has 3 rings (SSSR count). The summed E-state index contributed by atoms with van der Waals surface area (Å²) in [5.74, 6) is -2.76. The van der Waals surface area contributed by atoms with Crippen LogP contribution in [0.5, 0.6) is 0 Å². The molecule has 26 heavy (non-hydrogen) atoms. The number of hydrogen-bond acceptors (Lipinski definition) is 6. The fraction of sp³-hybridized carbons (Fsp3) is 0.643. The first-order valence-corrected chi connectivity index (χ1v) is 9.44. The first-order valence-electron chi connectivity index (χ1n) is 7.59. The molecule has 8 nitrogen and oxygen atoms in total. The quantitative estimate of drug-likeness (QED) is 0.799. The van der Waals surface area contributed by atoms with Crippen molar-refractivity contribution in [2.75, 3.05) is 32.4 Å². The number of carboxylic acid groups (broad SMARTS) is 1. The van der Waals surface area contributed by atoms with Crippen molar-refractivity contribution < 1.29 is 40.6 Å². The summed E-state index contributed by atoms with van der Waals surface area (Å²) in [5.41, 5.74) is 1.14. The Kier molecular flexibility index (Phi) is 6.32. The maximum atomic E-state index is 11.6. The highest BCUT2D eigenvalue weighted by Gasteiger charge is 2.38. The maximum absolute atomic E-state index is 11.6. The molecule has 0 amide bonds. The summed E-state index contributed by atoms with van der Waals surface area (Å²) in [7, 11) is -3.12. The van der Waals surface area contributed by atoms with E-state index in [9.17, 15) is 21.6 Å². The molecule has 2 atom stereocenters. The zero-order valence-corrected chi connectivity index (χ0v) is 14.7. The number of rotatable bonds is 3. The average Bonchev–Trinajstić information content (AvgIpc) is 2.98. The van der Waals surface area contributed by atoms with E-state index in [0.29, 0.717) is 13.1 Å². The van der Waals surface area contributed by atoms with Crippen molar-refractivity contribution in [2.45, 2.75) is 24.9 Å². The van der Waals surface area contributed by atoms with E-state index in [1.54, 1.807) is 12.5 Å². The Morgan fingerprint density at radius 2 is 1.81 bits per heavy atom. The summed E-state index contributed by atoms with van der Waals surface area (Å²) in [6.45, 7) is 3.25. The lowest BCUT2D eigenvalue weighted by Crippen LogP contribution is -2.60. The molecular weight excluding hydrogens is 381 g/mol. The number of fused-ring (bicyclic) bond motifs is 2. The highest BCUT2D eigenvalue weighted by molar-refractivity contribution is 7.88. The molecule has 0 aliphatic carbocycles. The molecule has 2 aliphatic rings. The highest BCUT2D eigenvalue weighted by atomic mass is 32.2. The molecule has 0 spiro atoms. The molecule has 2 unspecified atom stereocenters. The molecule has 2 bridgehead atoms. The van der Waals surface area contributed by atoms with Crippen molar-refractivity contribution in [3.05, 3.63) is 24.2 Å². The molecule has 3 heterocycles. The van der Waals surface area contributed by atoms with Crippen LogP contribution >= 0.6 is 0 Å². The van der Waals surface area contributed by atoms with Gasteiger partial charge in [0.2, 0.25) is 10.0 Å². The summed E-state index contributed by atoms with van der Waals surface area (Å²) in [5, 5.41) is 7.12. The van der Waals surface area contributed by atoms with Gasteiger partial charge in [-0.2, -0.15) is 17.5 Å².